The minimum absolute atomic E-state index is 0.269. The second-order valence-electron chi connectivity index (χ2n) is 6.06. The molecule has 1 saturated heterocycles. The largest absolute Gasteiger partial charge is 0.351 e. The number of nitrogens with one attached hydrogen (secondary N) is 2. The Balaban J connectivity index is 1.80. The summed E-state index contributed by atoms with van der Waals surface area (Å²) in [4.78, 5) is 9.26. The third-order valence-corrected chi connectivity index (χ3v) is 4.40. The molecule has 2 N–H and O–H groups in total. The highest BCUT2D eigenvalue weighted by molar-refractivity contribution is 5.93. The Bertz CT molecular complexity index is 859. The molecule has 1 aromatic heterocycles. The van der Waals surface area contributed by atoms with Crippen LogP contribution in [0.25, 0.3) is 22.2 Å². The van der Waals surface area contributed by atoms with Crippen molar-refractivity contribution in [3.63, 3.8) is 0 Å². The van der Waals surface area contributed by atoms with Gasteiger partial charge < -0.3 is 10.6 Å². The van der Waals surface area contributed by atoms with Gasteiger partial charge in [-0.2, -0.15) is 0 Å². The molecule has 0 saturated carbocycles. The van der Waals surface area contributed by atoms with Gasteiger partial charge in [0.15, 0.2) is 0 Å². The molecular weight excluding hydrogens is 303 g/mol. The number of halogens is 1. The highest BCUT2D eigenvalue weighted by atomic mass is 19.1. The quantitative estimate of drug-likeness (QED) is 0.773. The molecule has 5 heteroatoms. The first-order chi connectivity index (χ1) is 11.8. The zero-order valence-corrected chi connectivity index (χ0v) is 13.3. The number of hydrogen-bond acceptors (Lipinski definition) is 4. The fourth-order valence-electron chi connectivity index (χ4n) is 3.15. The summed E-state index contributed by atoms with van der Waals surface area (Å²) in [6, 6.07) is 14.8. The molecule has 4 rings (SSSR count). The van der Waals surface area contributed by atoms with Gasteiger partial charge in [-0.3, -0.25) is 0 Å². The van der Waals surface area contributed by atoms with Crippen molar-refractivity contribution in [3.8, 4) is 11.3 Å². The lowest BCUT2D eigenvalue weighted by Gasteiger charge is -2.24. The summed E-state index contributed by atoms with van der Waals surface area (Å²) >= 11 is 0. The number of nitrogens with zero attached hydrogens (tertiary/aromatic N) is 2. The minimum atomic E-state index is -0.269. The topological polar surface area (TPSA) is 49.8 Å². The molecule has 4 nitrogen and oxygen atoms in total. The highest BCUT2D eigenvalue weighted by Crippen LogP contribution is 2.29. The molecule has 2 heterocycles. The average Bonchev–Trinajstić information content (AvgIpc) is 2.62. The molecule has 1 aliphatic heterocycles. The van der Waals surface area contributed by atoms with Gasteiger partial charge in [0.2, 0.25) is 5.95 Å². The standard InChI is InChI=1S/C19H19FN4/c20-16-7-3-1-5-14(16)18-15-6-2-4-8-17(15)23-19(24-18)22-13-9-11-21-12-10-13/h1-8,13,21H,9-12H2,(H,22,23,24). The summed E-state index contributed by atoms with van der Waals surface area (Å²) in [5.74, 6) is 0.299. The monoisotopic (exact) mass is 322 g/mol. The number of anilines is 1. The maximum atomic E-state index is 14.3. The minimum Gasteiger partial charge on any atom is -0.351 e. The zero-order valence-electron chi connectivity index (χ0n) is 13.3. The van der Waals surface area contributed by atoms with Crippen LogP contribution >= 0.6 is 0 Å². The molecule has 122 valence electrons. The molecule has 0 unspecified atom stereocenters. The predicted octanol–water partition coefficient (Wildman–Crippen LogP) is 3.60. The van der Waals surface area contributed by atoms with Gasteiger partial charge in [0.05, 0.1) is 11.2 Å². The van der Waals surface area contributed by atoms with E-state index in [2.05, 4.69) is 20.6 Å². The van der Waals surface area contributed by atoms with Gasteiger partial charge >= 0.3 is 0 Å². The van der Waals surface area contributed by atoms with Gasteiger partial charge in [-0.1, -0.05) is 30.3 Å². The Hall–Kier alpha value is -2.53. The summed E-state index contributed by atoms with van der Waals surface area (Å²) in [6.07, 6.45) is 2.07. The van der Waals surface area contributed by atoms with Crippen LogP contribution in [0.3, 0.4) is 0 Å². The lowest BCUT2D eigenvalue weighted by Crippen LogP contribution is -2.35. The number of aromatic nitrogens is 2. The van der Waals surface area contributed by atoms with Gasteiger partial charge in [0.1, 0.15) is 5.82 Å². The third kappa shape index (κ3) is 2.95. The zero-order chi connectivity index (χ0) is 16.4. The van der Waals surface area contributed by atoms with E-state index < -0.39 is 0 Å². The van der Waals surface area contributed by atoms with Crippen molar-refractivity contribution in [2.75, 3.05) is 18.4 Å². The van der Waals surface area contributed by atoms with Gasteiger partial charge in [-0.25, -0.2) is 14.4 Å². The van der Waals surface area contributed by atoms with Gasteiger partial charge in [-0.15, -0.1) is 0 Å². The first-order valence-corrected chi connectivity index (χ1v) is 8.30. The van der Waals surface area contributed by atoms with E-state index in [1.54, 1.807) is 12.1 Å². The first-order valence-electron chi connectivity index (χ1n) is 8.30. The first kappa shape index (κ1) is 15.0. The lowest BCUT2D eigenvalue weighted by atomic mass is 10.1. The van der Waals surface area contributed by atoms with Crippen molar-refractivity contribution < 1.29 is 4.39 Å². The Morgan fingerprint density at radius 3 is 2.54 bits per heavy atom. The van der Waals surface area contributed by atoms with E-state index in [-0.39, 0.29) is 5.82 Å². The van der Waals surface area contributed by atoms with E-state index in [1.807, 2.05) is 30.3 Å². The van der Waals surface area contributed by atoms with Crippen LogP contribution in [-0.4, -0.2) is 29.1 Å². The average molecular weight is 322 g/mol. The van der Waals surface area contributed by atoms with Crippen molar-refractivity contribution in [3.05, 3.63) is 54.3 Å². The molecule has 0 radical (unpaired) electrons. The number of rotatable bonds is 3. The summed E-state index contributed by atoms with van der Waals surface area (Å²) in [5.41, 5.74) is 1.96. The maximum Gasteiger partial charge on any atom is 0.224 e. The second kappa shape index (κ2) is 6.53. The Labute approximate surface area is 140 Å². The van der Waals surface area contributed by atoms with E-state index in [0.29, 0.717) is 23.2 Å². The number of fused-ring (bicyclic) bond motifs is 1. The Morgan fingerprint density at radius 1 is 0.958 bits per heavy atom. The van der Waals surface area contributed by atoms with Gasteiger partial charge in [-0.05, 0) is 44.1 Å². The van der Waals surface area contributed by atoms with Crippen LogP contribution in [0, 0.1) is 5.82 Å². The molecule has 0 amide bonds. The molecule has 0 aliphatic carbocycles. The highest BCUT2D eigenvalue weighted by Gasteiger charge is 2.17. The van der Waals surface area contributed by atoms with Crippen molar-refractivity contribution in [1.82, 2.24) is 15.3 Å². The summed E-state index contributed by atoms with van der Waals surface area (Å²) < 4.78 is 14.3. The fraction of sp³-hybridized carbons (Fsp3) is 0.263. The normalized spacial score (nSPS) is 15.5. The van der Waals surface area contributed by atoms with E-state index in [1.165, 1.54) is 6.07 Å². The molecule has 1 fully saturated rings. The molecule has 0 bridgehead atoms. The molecule has 0 spiro atoms. The SMILES string of the molecule is Fc1ccccc1-c1nc(NC2CCNCC2)nc2ccccc12. The van der Waals surface area contributed by atoms with Crippen molar-refractivity contribution >= 4 is 16.9 Å². The number of hydrogen-bond donors (Lipinski definition) is 2. The molecule has 0 atom stereocenters. The second-order valence-corrected chi connectivity index (χ2v) is 6.06. The van der Waals surface area contributed by atoms with E-state index in [0.717, 1.165) is 36.8 Å². The maximum absolute atomic E-state index is 14.3. The summed E-state index contributed by atoms with van der Waals surface area (Å²) in [6.45, 7) is 1.98. The van der Waals surface area contributed by atoms with Crippen LogP contribution in [0.4, 0.5) is 10.3 Å². The van der Waals surface area contributed by atoms with Crippen molar-refractivity contribution in [2.45, 2.75) is 18.9 Å². The van der Waals surface area contributed by atoms with Crippen LogP contribution in [0.1, 0.15) is 12.8 Å². The lowest BCUT2D eigenvalue weighted by molar-refractivity contribution is 0.477. The van der Waals surface area contributed by atoms with Crippen LogP contribution in [0.15, 0.2) is 48.5 Å². The third-order valence-electron chi connectivity index (χ3n) is 4.40. The molecule has 1 aliphatic rings. The Kier molecular flexibility index (Phi) is 4.09. The van der Waals surface area contributed by atoms with Crippen LogP contribution < -0.4 is 10.6 Å². The Morgan fingerprint density at radius 2 is 1.71 bits per heavy atom. The van der Waals surface area contributed by atoms with E-state index in [9.17, 15) is 4.39 Å². The van der Waals surface area contributed by atoms with Gasteiger partial charge in [0, 0.05) is 17.0 Å². The van der Waals surface area contributed by atoms with Crippen molar-refractivity contribution in [2.24, 2.45) is 0 Å². The van der Waals surface area contributed by atoms with Crippen LogP contribution in [0.5, 0.6) is 0 Å². The predicted molar refractivity (Wildman–Crippen MR) is 94.4 cm³/mol. The number of piperidine rings is 1. The van der Waals surface area contributed by atoms with Gasteiger partial charge in [0.25, 0.3) is 0 Å². The van der Waals surface area contributed by atoms with Crippen molar-refractivity contribution in [1.29, 1.82) is 0 Å². The molecule has 24 heavy (non-hydrogen) atoms. The molecular formula is C19H19FN4. The number of para-hydroxylation sites is 1. The molecule has 3 aromatic rings. The summed E-state index contributed by atoms with van der Waals surface area (Å²) in [7, 11) is 0. The van der Waals surface area contributed by atoms with E-state index >= 15 is 0 Å². The van der Waals surface area contributed by atoms with E-state index in [4.69, 9.17) is 0 Å². The smallest absolute Gasteiger partial charge is 0.224 e. The number of benzene rings is 2. The summed E-state index contributed by atoms with van der Waals surface area (Å²) in [5, 5.41) is 7.62. The fourth-order valence-corrected chi connectivity index (χ4v) is 3.15. The molecule has 2 aromatic carbocycles. The van der Waals surface area contributed by atoms with Crippen LogP contribution in [0.2, 0.25) is 0 Å². The van der Waals surface area contributed by atoms with Crippen LogP contribution in [-0.2, 0) is 0 Å².